The minimum Gasteiger partial charge on any atom is -0.469 e. The highest BCUT2D eigenvalue weighted by molar-refractivity contribution is 8.05. The summed E-state index contributed by atoms with van der Waals surface area (Å²) in [6, 6.07) is 10.0. The van der Waals surface area contributed by atoms with Gasteiger partial charge in [0.05, 0.1) is 17.5 Å². The van der Waals surface area contributed by atoms with E-state index in [1.165, 1.54) is 12.3 Å². The van der Waals surface area contributed by atoms with Gasteiger partial charge in [0.25, 0.3) is 5.91 Å². The summed E-state index contributed by atoms with van der Waals surface area (Å²) >= 11 is 11.1. The molecule has 1 heterocycles. The van der Waals surface area contributed by atoms with Crippen LogP contribution in [0.3, 0.4) is 0 Å². The molecule has 20 heavy (non-hydrogen) atoms. The van der Waals surface area contributed by atoms with E-state index in [4.69, 9.17) is 27.6 Å². The lowest BCUT2D eigenvalue weighted by Crippen LogP contribution is -2.27. The lowest BCUT2D eigenvalue weighted by Gasteiger charge is -2.23. The second-order valence-corrected chi connectivity index (χ2v) is 6.66. The molecule has 0 atom stereocenters. The Bertz CT molecular complexity index is 598. The molecule has 1 amide bonds. The molecule has 1 aromatic carbocycles. The van der Waals surface area contributed by atoms with Gasteiger partial charge in [-0.1, -0.05) is 41.4 Å². The Balaban J connectivity index is 2.37. The Morgan fingerprint density at radius 3 is 2.45 bits per heavy atom. The fraction of sp³-hybridized carbons (Fsp3) is 0.154. The topological polar surface area (TPSA) is 33.5 Å². The lowest BCUT2D eigenvalue weighted by atomic mass is 10.2. The number of benzene rings is 1. The highest BCUT2D eigenvalue weighted by atomic mass is 35.5. The summed E-state index contributed by atoms with van der Waals surface area (Å²) in [4.78, 5) is 12.5. The molecule has 3 nitrogen and oxygen atoms in total. The molecule has 0 radical (unpaired) electrons. The van der Waals surface area contributed by atoms with E-state index >= 15 is 0 Å². The summed E-state index contributed by atoms with van der Waals surface area (Å²) in [6.07, 6.45) is 1.39. The highest BCUT2D eigenvalue weighted by Gasteiger charge is 2.33. The first-order valence-corrected chi connectivity index (χ1v) is 7.11. The molecule has 0 fully saturated rings. The molecule has 0 aliphatic rings. The molecular weight excluding hydrogens is 324 g/mol. The quantitative estimate of drug-likeness (QED) is 0.586. The van der Waals surface area contributed by atoms with Crippen LogP contribution in [0.25, 0.3) is 0 Å². The minimum atomic E-state index is -2.62. The number of carbonyl (C=O) groups is 1. The molecule has 0 unspecified atom stereocenters. The normalized spacial score (nSPS) is 11.4. The number of alkyl halides is 3. The number of para-hydroxylation sites is 1. The molecule has 0 bridgehead atoms. The number of rotatable bonds is 4. The summed E-state index contributed by atoms with van der Waals surface area (Å²) in [5.41, 5.74) is 0.783. The smallest absolute Gasteiger partial charge is 0.324 e. The van der Waals surface area contributed by atoms with E-state index in [0.29, 0.717) is 29.0 Å². The fourth-order valence-electron chi connectivity index (χ4n) is 1.59. The molecule has 2 rings (SSSR count). The van der Waals surface area contributed by atoms with Gasteiger partial charge >= 0.3 is 3.92 Å². The Morgan fingerprint density at radius 2 is 1.95 bits per heavy atom. The number of carbonyl (C=O) groups excluding carboxylic acids is 1. The number of anilines is 1. The van der Waals surface area contributed by atoms with Crippen molar-refractivity contribution >= 4 is 46.7 Å². The molecule has 0 saturated heterocycles. The lowest BCUT2D eigenvalue weighted by molar-refractivity contribution is 0.101. The first-order valence-electron chi connectivity index (χ1n) is 5.58. The van der Waals surface area contributed by atoms with Crippen LogP contribution >= 0.6 is 35.1 Å². The molecule has 1 aromatic heterocycles. The van der Waals surface area contributed by atoms with Crippen LogP contribution in [0.4, 0.5) is 10.1 Å². The maximum atomic E-state index is 13.5. The molecule has 7 heteroatoms. The van der Waals surface area contributed by atoms with Gasteiger partial charge < -0.3 is 4.42 Å². The Labute approximate surface area is 129 Å². The number of hydrogen-bond acceptors (Lipinski definition) is 3. The average molecular weight is 334 g/mol. The van der Waals surface area contributed by atoms with Gasteiger partial charge in [0.2, 0.25) is 0 Å². The third kappa shape index (κ3) is 3.69. The average Bonchev–Trinajstić information content (AvgIpc) is 2.81. The molecule has 0 spiro atoms. The third-order valence-electron chi connectivity index (χ3n) is 2.46. The number of furan rings is 1. The Morgan fingerprint density at radius 1 is 1.30 bits per heavy atom. The summed E-state index contributed by atoms with van der Waals surface area (Å²) in [6.45, 7) is 1.64. The van der Waals surface area contributed by atoms with E-state index in [9.17, 15) is 9.18 Å². The van der Waals surface area contributed by atoms with Crippen molar-refractivity contribution in [2.24, 2.45) is 0 Å². The second-order valence-electron chi connectivity index (χ2n) is 3.86. The monoisotopic (exact) mass is 333 g/mol. The summed E-state index contributed by atoms with van der Waals surface area (Å²) in [5.74, 6) is -0.0269. The maximum absolute atomic E-state index is 13.5. The van der Waals surface area contributed by atoms with Gasteiger partial charge in [-0.15, -0.1) is 0 Å². The van der Waals surface area contributed by atoms with Gasteiger partial charge in [-0.3, -0.25) is 4.79 Å². The van der Waals surface area contributed by atoms with Gasteiger partial charge in [-0.2, -0.15) is 4.39 Å². The van der Waals surface area contributed by atoms with Gasteiger partial charge in [-0.25, -0.2) is 4.31 Å². The standard InChI is InChI=1S/C13H10Cl2FNO2S/c1-9-11(7-8-19-9)12(18)17(20-13(14,15)16)10-5-3-2-4-6-10/h2-8H,1H3. The highest BCUT2D eigenvalue weighted by Crippen LogP contribution is 2.41. The number of nitrogens with zero attached hydrogens (tertiary/aromatic N) is 1. The van der Waals surface area contributed by atoms with E-state index in [1.54, 1.807) is 37.3 Å². The van der Waals surface area contributed by atoms with E-state index in [2.05, 4.69) is 0 Å². The van der Waals surface area contributed by atoms with Crippen molar-refractivity contribution in [3.8, 4) is 0 Å². The van der Waals surface area contributed by atoms with Gasteiger partial charge in [0, 0.05) is 11.9 Å². The van der Waals surface area contributed by atoms with Crippen molar-refractivity contribution in [3.63, 3.8) is 0 Å². The zero-order valence-electron chi connectivity index (χ0n) is 10.3. The zero-order valence-corrected chi connectivity index (χ0v) is 12.7. The van der Waals surface area contributed by atoms with Crippen LogP contribution in [0.1, 0.15) is 16.1 Å². The Hall–Kier alpha value is -1.17. The van der Waals surface area contributed by atoms with Crippen LogP contribution in [-0.2, 0) is 0 Å². The Kier molecular flexibility index (Phi) is 4.62. The third-order valence-corrected chi connectivity index (χ3v) is 3.64. The number of amides is 1. The first kappa shape index (κ1) is 15.2. The summed E-state index contributed by atoms with van der Waals surface area (Å²) < 4.78 is 17.1. The molecule has 0 saturated carbocycles. The van der Waals surface area contributed by atoms with E-state index < -0.39 is 9.83 Å². The van der Waals surface area contributed by atoms with E-state index in [-0.39, 0.29) is 0 Å². The number of hydrogen-bond donors (Lipinski definition) is 0. The minimum absolute atomic E-state index is 0.318. The van der Waals surface area contributed by atoms with Crippen molar-refractivity contribution in [1.29, 1.82) is 0 Å². The SMILES string of the molecule is Cc1occc1C(=O)N(SC(F)(Cl)Cl)c1ccccc1. The van der Waals surface area contributed by atoms with Crippen molar-refractivity contribution in [3.05, 3.63) is 54.0 Å². The van der Waals surface area contributed by atoms with Crippen LogP contribution in [0, 0.1) is 6.92 Å². The van der Waals surface area contributed by atoms with Gasteiger partial charge in [0.15, 0.2) is 0 Å². The van der Waals surface area contributed by atoms with Crippen molar-refractivity contribution < 1.29 is 13.6 Å². The molecule has 0 aliphatic heterocycles. The first-order chi connectivity index (χ1) is 9.38. The van der Waals surface area contributed by atoms with Crippen molar-refractivity contribution in [1.82, 2.24) is 0 Å². The number of halogens is 3. The molecular formula is C13H10Cl2FNO2S. The fourth-order valence-corrected chi connectivity index (χ4v) is 2.62. The maximum Gasteiger partial charge on any atom is 0.324 e. The zero-order chi connectivity index (χ0) is 14.8. The summed E-state index contributed by atoms with van der Waals surface area (Å²) in [7, 11) is 0. The van der Waals surface area contributed by atoms with Crippen molar-refractivity contribution in [2.45, 2.75) is 10.8 Å². The van der Waals surface area contributed by atoms with E-state index in [0.717, 1.165) is 4.31 Å². The number of aryl methyl sites for hydroxylation is 1. The van der Waals surface area contributed by atoms with E-state index in [1.807, 2.05) is 0 Å². The molecule has 0 N–H and O–H groups in total. The molecule has 2 aromatic rings. The van der Waals surface area contributed by atoms with Crippen molar-refractivity contribution in [2.75, 3.05) is 4.31 Å². The van der Waals surface area contributed by atoms with Crippen LogP contribution in [0.5, 0.6) is 0 Å². The van der Waals surface area contributed by atoms with Crippen LogP contribution in [0.2, 0.25) is 0 Å². The van der Waals surface area contributed by atoms with Gasteiger partial charge in [-0.05, 0) is 25.1 Å². The predicted octanol–water partition coefficient (Wildman–Crippen LogP) is 4.94. The van der Waals surface area contributed by atoms with Crippen LogP contribution in [-0.4, -0.2) is 9.83 Å². The molecule has 0 aliphatic carbocycles. The predicted molar refractivity (Wildman–Crippen MR) is 79.8 cm³/mol. The van der Waals surface area contributed by atoms with Gasteiger partial charge in [0.1, 0.15) is 5.76 Å². The van der Waals surface area contributed by atoms with Crippen LogP contribution in [0.15, 0.2) is 47.1 Å². The summed E-state index contributed by atoms with van der Waals surface area (Å²) in [5, 5.41) is 0. The molecule has 106 valence electrons. The second kappa shape index (κ2) is 6.08. The largest absolute Gasteiger partial charge is 0.469 e. The van der Waals surface area contributed by atoms with Crippen LogP contribution < -0.4 is 4.31 Å².